The maximum atomic E-state index is 13.8. The Bertz CT molecular complexity index is 1480. The molecule has 3 heterocycles. The Morgan fingerprint density at radius 3 is 2.45 bits per heavy atom. The van der Waals surface area contributed by atoms with Gasteiger partial charge in [-0.3, -0.25) is 14.4 Å². The Labute approximate surface area is 268 Å². The minimum atomic E-state index is -0.528. The smallest absolute Gasteiger partial charge is 0.410 e. The number of aromatic nitrogens is 3. The summed E-state index contributed by atoms with van der Waals surface area (Å²) in [5.74, 6) is 0.820. The molecule has 10 nitrogen and oxygen atoms in total. The molecule has 0 aliphatic carbocycles. The quantitative estimate of drug-likeness (QED) is 0.290. The van der Waals surface area contributed by atoms with E-state index in [2.05, 4.69) is 29.1 Å². The summed E-state index contributed by atoms with van der Waals surface area (Å²) in [7, 11) is 0. The maximum absolute atomic E-state index is 13.8. The Balaban J connectivity index is 1.23. The zero-order valence-electron chi connectivity index (χ0n) is 25.9. The molecule has 2 aliphatic heterocycles. The fraction of sp³-hybridized carbons (Fsp3) is 0.500. The molecular weight excluding hydrogens is 603 g/mol. The van der Waals surface area contributed by atoms with Crippen LogP contribution in [0, 0.1) is 0 Å². The van der Waals surface area contributed by atoms with Gasteiger partial charge in [-0.15, -0.1) is 5.10 Å². The first-order valence-electron chi connectivity index (χ1n) is 15.0. The maximum Gasteiger partial charge on any atom is 0.410 e. The molecule has 44 heavy (non-hydrogen) atoms. The monoisotopic (exact) mass is 642 g/mol. The fourth-order valence-electron chi connectivity index (χ4n) is 5.91. The molecule has 5 rings (SSSR count). The topological polar surface area (TPSA) is 93.0 Å². The third kappa shape index (κ3) is 7.83. The molecule has 0 radical (unpaired) electrons. The largest absolute Gasteiger partial charge is 0.456 e. The van der Waals surface area contributed by atoms with Crippen molar-refractivity contribution in [3.63, 3.8) is 0 Å². The van der Waals surface area contributed by atoms with Crippen LogP contribution in [0.1, 0.15) is 63.5 Å². The summed E-state index contributed by atoms with van der Waals surface area (Å²) in [5, 5.41) is 9.85. The van der Waals surface area contributed by atoms with Crippen molar-refractivity contribution in [1.29, 1.82) is 0 Å². The zero-order valence-corrected chi connectivity index (χ0v) is 27.4. The molecule has 0 unspecified atom stereocenters. The van der Waals surface area contributed by atoms with Gasteiger partial charge in [-0.1, -0.05) is 34.5 Å². The van der Waals surface area contributed by atoms with Crippen molar-refractivity contribution in [2.24, 2.45) is 0 Å². The van der Waals surface area contributed by atoms with Crippen molar-refractivity contribution in [2.45, 2.75) is 84.3 Å². The van der Waals surface area contributed by atoms with E-state index in [0.717, 1.165) is 18.5 Å². The van der Waals surface area contributed by atoms with Gasteiger partial charge in [0, 0.05) is 54.5 Å². The van der Waals surface area contributed by atoms with Crippen molar-refractivity contribution in [2.75, 3.05) is 19.6 Å². The van der Waals surface area contributed by atoms with E-state index in [4.69, 9.17) is 32.7 Å². The first-order valence-corrected chi connectivity index (χ1v) is 15.8. The number of hydrogen-bond acceptors (Lipinski definition) is 7. The van der Waals surface area contributed by atoms with E-state index in [0.29, 0.717) is 59.8 Å². The third-order valence-electron chi connectivity index (χ3n) is 7.92. The second kappa shape index (κ2) is 13.3. The molecular formula is C32H40Cl2N6O4. The minimum Gasteiger partial charge on any atom is -0.456 e. The van der Waals surface area contributed by atoms with E-state index in [1.807, 2.05) is 36.5 Å². The first kappa shape index (κ1) is 32.1. The number of carbonyl (C=O) groups excluding carboxylic acids is 2. The summed E-state index contributed by atoms with van der Waals surface area (Å²) >= 11 is 12.4. The average molecular weight is 644 g/mol. The SMILES string of the molecule is C[C@@H]1CN(C(=O)OC(C)(C)C)C[C@H](C)N1Cc1cn(C[C@H]2CCCN2C(=O)c2cc(Cl)ccc2Oc2cccc(Cl)c2)nn1. The van der Waals surface area contributed by atoms with Crippen molar-refractivity contribution < 1.29 is 19.1 Å². The average Bonchev–Trinajstić information content (AvgIpc) is 3.60. The normalized spacial score (nSPS) is 21.0. The van der Waals surface area contributed by atoms with Gasteiger partial charge in [0.15, 0.2) is 0 Å². The molecule has 12 heteroatoms. The molecule has 3 aromatic rings. The van der Waals surface area contributed by atoms with Crippen LogP contribution < -0.4 is 4.74 Å². The number of halogens is 2. The molecule has 236 valence electrons. The summed E-state index contributed by atoms with van der Waals surface area (Å²) < 4.78 is 13.5. The van der Waals surface area contributed by atoms with Crippen LogP contribution in [-0.2, 0) is 17.8 Å². The van der Waals surface area contributed by atoms with Crippen LogP contribution in [0.25, 0.3) is 0 Å². The first-order chi connectivity index (χ1) is 20.9. The molecule has 2 saturated heterocycles. The highest BCUT2D eigenvalue weighted by Crippen LogP contribution is 2.32. The van der Waals surface area contributed by atoms with E-state index in [1.165, 1.54) is 0 Å². The third-order valence-corrected chi connectivity index (χ3v) is 8.39. The number of nitrogens with zero attached hydrogens (tertiary/aromatic N) is 6. The molecule has 0 saturated carbocycles. The fourth-order valence-corrected chi connectivity index (χ4v) is 6.26. The Kier molecular flexibility index (Phi) is 9.72. The Morgan fingerprint density at radius 1 is 1.02 bits per heavy atom. The second-order valence-electron chi connectivity index (χ2n) is 12.7. The molecule has 3 atom stereocenters. The van der Waals surface area contributed by atoms with Crippen LogP contribution >= 0.6 is 23.2 Å². The summed E-state index contributed by atoms with van der Waals surface area (Å²) in [6.07, 6.45) is 3.42. The Hall–Kier alpha value is -3.34. The van der Waals surface area contributed by atoms with E-state index >= 15 is 0 Å². The molecule has 2 aromatic carbocycles. The van der Waals surface area contributed by atoms with Crippen molar-refractivity contribution in [1.82, 2.24) is 29.7 Å². The van der Waals surface area contributed by atoms with Gasteiger partial charge in [-0.2, -0.15) is 0 Å². The lowest BCUT2D eigenvalue weighted by Gasteiger charge is -2.44. The standard InChI is InChI=1S/C32H40Cl2N6O4/c1-21-16-37(31(42)44-32(3,4)5)17-22(2)40(21)19-25-18-38(36-35-25)20-26-9-7-13-39(26)30(41)28-15-24(34)11-12-29(28)43-27-10-6-8-23(33)14-27/h6,8,10-12,14-15,18,21-22,26H,7,9,13,16-17,19-20H2,1-5H3/t21-,22+,26-/m1/s1. The zero-order chi connectivity index (χ0) is 31.6. The summed E-state index contributed by atoms with van der Waals surface area (Å²) in [4.78, 5) is 32.5. The Morgan fingerprint density at radius 2 is 1.75 bits per heavy atom. The molecule has 2 aliphatic rings. The predicted molar refractivity (Wildman–Crippen MR) is 169 cm³/mol. The molecule has 1 aromatic heterocycles. The number of amides is 2. The van der Waals surface area contributed by atoms with Crippen LogP contribution in [-0.4, -0.2) is 85.1 Å². The van der Waals surface area contributed by atoms with Crippen LogP contribution in [0.3, 0.4) is 0 Å². The van der Waals surface area contributed by atoms with Gasteiger partial charge in [-0.25, -0.2) is 4.79 Å². The van der Waals surface area contributed by atoms with Gasteiger partial charge in [0.05, 0.1) is 23.8 Å². The second-order valence-corrected chi connectivity index (χ2v) is 13.6. The van der Waals surface area contributed by atoms with Crippen molar-refractivity contribution in [3.8, 4) is 11.5 Å². The number of ether oxygens (including phenoxy) is 2. The molecule has 2 fully saturated rings. The van der Waals surface area contributed by atoms with Crippen molar-refractivity contribution >= 4 is 35.2 Å². The number of piperazine rings is 1. The molecule has 0 bridgehead atoms. The summed E-state index contributed by atoms with van der Waals surface area (Å²) in [5.41, 5.74) is 0.717. The minimum absolute atomic E-state index is 0.0507. The van der Waals surface area contributed by atoms with E-state index < -0.39 is 5.60 Å². The lowest BCUT2D eigenvalue weighted by Crippen LogP contribution is -2.58. The van der Waals surface area contributed by atoms with Crippen LogP contribution in [0.4, 0.5) is 4.79 Å². The van der Waals surface area contributed by atoms with E-state index in [-0.39, 0.29) is 30.1 Å². The highest BCUT2D eigenvalue weighted by atomic mass is 35.5. The molecule has 2 amide bonds. The predicted octanol–water partition coefficient (Wildman–Crippen LogP) is 6.51. The number of likely N-dealkylation sites (tertiary alicyclic amines) is 1. The van der Waals surface area contributed by atoms with E-state index in [1.54, 1.807) is 47.4 Å². The summed E-state index contributed by atoms with van der Waals surface area (Å²) in [6, 6.07) is 12.3. The summed E-state index contributed by atoms with van der Waals surface area (Å²) in [6.45, 7) is 12.8. The molecule has 0 spiro atoms. The van der Waals surface area contributed by atoms with Gasteiger partial charge in [-0.05, 0) is 83.9 Å². The van der Waals surface area contributed by atoms with Crippen molar-refractivity contribution in [3.05, 3.63) is 70.0 Å². The lowest BCUT2D eigenvalue weighted by molar-refractivity contribution is -0.00997. The number of carbonyl (C=O) groups is 2. The van der Waals surface area contributed by atoms with Gasteiger partial charge in [0.2, 0.25) is 0 Å². The highest BCUT2D eigenvalue weighted by Gasteiger charge is 2.35. The van der Waals surface area contributed by atoms with E-state index in [9.17, 15) is 9.59 Å². The van der Waals surface area contributed by atoms with Gasteiger partial charge in [0.1, 0.15) is 17.1 Å². The van der Waals surface area contributed by atoms with Gasteiger partial charge < -0.3 is 19.3 Å². The van der Waals surface area contributed by atoms with Gasteiger partial charge in [0.25, 0.3) is 5.91 Å². The number of rotatable bonds is 7. The van der Waals surface area contributed by atoms with Crippen LogP contribution in [0.2, 0.25) is 10.0 Å². The van der Waals surface area contributed by atoms with Crippen LogP contribution in [0.15, 0.2) is 48.7 Å². The number of benzene rings is 2. The highest BCUT2D eigenvalue weighted by molar-refractivity contribution is 6.31. The lowest BCUT2D eigenvalue weighted by atomic mass is 10.1. The van der Waals surface area contributed by atoms with Crippen LogP contribution in [0.5, 0.6) is 11.5 Å². The molecule has 0 N–H and O–H groups in total. The van der Waals surface area contributed by atoms with Gasteiger partial charge >= 0.3 is 6.09 Å². The number of hydrogen-bond donors (Lipinski definition) is 0.